The van der Waals surface area contributed by atoms with Gasteiger partial charge in [0.15, 0.2) is 0 Å². The zero-order valence-corrected chi connectivity index (χ0v) is 15.4. The van der Waals surface area contributed by atoms with Crippen molar-refractivity contribution in [3.8, 4) is 0 Å². The number of hydrogen-bond donors (Lipinski definition) is 1. The van der Waals surface area contributed by atoms with Gasteiger partial charge < -0.3 is 4.90 Å². The molecule has 1 unspecified atom stereocenters. The monoisotopic (exact) mass is 382 g/mol. The molecule has 1 aromatic heterocycles. The third kappa shape index (κ3) is 5.44. The van der Waals surface area contributed by atoms with Gasteiger partial charge in [0.2, 0.25) is 0 Å². The van der Waals surface area contributed by atoms with Gasteiger partial charge in [-0.25, -0.2) is 13.1 Å². The Hall–Kier alpha value is 0.0500. The average Bonchev–Trinajstić information content (AvgIpc) is 2.81. The Balaban J connectivity index is 2.46. The van der Waals surface area contributed by atoms with Gasteiger partial charge in [-0.2, -0.15) is 0 Å². The lowest BCUT2D eigenvalue weighted by atomic mass is 10.2. The molecule has 20 heavy (non-hydrogen) atoms. The van der Waals surface area contributed by atoms with Crippen molar-refractivity contribution in [2.75, 3.05) is 19.6 Å². The van der Waals surface area contributed by atoms with Gasteiger partial charge in [0, 0.05) is 10.5 Å². The fourth-order valence-corrected chi connectivity index (χ4v) is 5.64. The smallest absolute Gasteiger partial charge is 0.251 e. The Morgan fingerprint density at radius 2 is 2.05 bits per heavy atom. The lowest BCUT2D eigenvalue weighted by Gasteiger charge is -2.19. The topological polar surface area (TPSA) is 49.4 Å². The standard InChI is InChI=1S/C13H23BrN2O2S2/c1-4-16(5-2)9-6-7-11(3)15-20(17,18)13-12(14)8-10-19-13/h8,10-11,15H,4-7,9H2,1-3H3. The minimum Gasteiger partial charge on any atom is -0.304 e. The quantitative estimate of drug-likeness (QED) is 0.712. The molecule has 7 heteroatoms. The fraction of sp³-hybridized carbons (Fsp3) is 0.692. The van der Waals surface area contributed by atoms with Gasteiger partial charge in [-0.1, -0.05) is 13.8 Å². The fourth-order valence-electron chi connectivity index (χ4n) is 2.01. The van der Waals surface area contributed by atoms with Crippen molar-refractivity contribution in [1.29, 1.82) is 0 Å². The molecule has 1 atom stereocenters. The lowest BCUT2D eigenvalue weighted by Crippen LogP contribution is -2.33. The Bertz CT molecular complexity index is 498. The summed E-state index contributed by atoms with van der Waals surface area (Å²) in [6, 6.07) is 1.70. The number of thiophene rings is 1. The van der Waals surface area contributed by atoms with Crippen LogP contribution in [0.25, 0.3) is 0 Å². The first-order valence-corrected chi connectivity index (χ1v) is 10.0. The zero-order chi connectivity index (χ0) is 15.2. The second-order valence-electron chi connectivity index (χ2n) is 4.75. The summed E-state index contributed by atoms with van der Waals surface area (Å²) >= 11 is 4.50. The summed E-state index contributed by atoms with van der Waals surface area (Å²) in [4.78, 5) is 2.34. The minimum absolute atomic E-state index is 0.0513. The van der Waals surface area contributed by atoms with E-state index in [1.165, 1.54) is 11.3 Å². The predicted octanol–water partition coefficient (Wildman–Crippen LogP) is 3.30. The molecule has 4 nitrogen and oxygen atoms in total. The SMILES string of the molecule is CCN(CC)CCCC(C)NS(=O)(=O)c1sccc1Br. The van der Waals surface area contributed by atoms with E-state index in [4.69, 9.17) is 0 Å². The predicted molar refractivity (Wildman–Crippen MR) is 88.8 cm³/mol. The number of hydrogen-bond acceptors (Lipinski definition) is 4. The van der Waals surface area contributed by atoms with Crippen molar-refractivity contribution < 1.29 is 8.42 Å². The highest BCUT2D eigenvalue weighted by atomic mass is 79.9. The largest absolute Gasteiger partial charge is 0.304 e. The normalized spacial score (nSPS) is 13.8. The molecule has 0 saturated heterocycles. The van der Waals surface area contributed by atoms with Gasteiger partial charge in [-0.15, -0.1) is 11.3 Å². The molecule has 0 fully saturated rings. The summed E-state index contributed by atoms with van der Waals surface area (Å²) in [7, 11) is -3.40. The van der Waals surface area contributed by atoms with E-state index in [-0.39, 0.29) is 6.04 Å². The third-order valence-corrected chi connectivity index (χ3v) is 7.45. The maximum atomic E-state index is 12.2. The Kier molecular flexibility index (Phi) is 7.68. The molecule has 0 bridgehead atoms. The summed E-state index contributed by atoms with van der Waals surface area (Å²) in [6.07, 6.45) is 1.84. The summed E-state index contributed by atoms with van der Waals surface area (Å²) in [5, 5.41) is 1.77. The van der Waals surface area contributed by atoms with Crippen molar-refractivity contribution in [3.05, 3.63) is 15.9 Å². The molecule has 0 aliphatic rings. The maximum Gasteiger partial charge on any atom is 0.251 e. The molecular formula is C13H23BrN2O2S2. The molecule has 1 aromatic rings. The number of halogens is 1. The van der Waals surface area contributed by atoms with E-state index in [0.29, 0.717) is 8.68 Å². The maximum absolute atomic E-state index is 12.2. The number of nitrogens with one attached hydrogen (secondary N) is 1. The van der Waals surface area contributed by atoms with E-state index in [1.54, 1.807) is 11.4 Å². The summed E-state index contributed by atoms with van der Waals surface area (Å²) in [5.41, 5.74) is 0. The summed E-state index contributed by atoms with van der Waals surface area (Å²) in [6.45, 7) is 9.30. The second kappa shape index (κ2) is 8.48. The van der Waals surface area contributed by atoms with E-state index < -0.39 is 10.0 Å². The van der Waals surface area contributed by atoms with E-state index in [9.17, 15) is 8.42 Å². The van der Waals surface area contributed by atoms with Gasteiger partial charge >= 0.3 is 0 Å². The van der Waals surface area contributed by atoms with Crippen LogP contribution in [0.2, 0.25) is 0 Å². The second-order valence-corrected chi connectivity index (χ2v) is 8.43. The Labute approximate surface area is 134 Å². The van der Waals surface area contributed by atoms with E-state index in [2.05, 4.69) is 39.4 Å². The highest BCUT2D eigenvalue weighted by Gasteiger charge is 2.21. The van der Waals surface area contributed by atoms with Crippen LogP contribution >= 0.6 is 27.3 Å². The first-order valence-electron chi connectivity index (χ1n) is 6.88. The number of sulfonamides is 1. The van der Waals surface area contributed by atoms with Crippen molar-refractivity contribution in [2.45, 2.75) is 43.9 Å². The molecule has 0 spiro atoms. The van der Waals surface area contributed by atoms with Crippen LogP contribution in [0.15, 0.2) is 20.1 Å². The highest BCUT2D eigenvalue weighted by Crippen LogP contribution is 2.27. The van der Waals surface area contributed by atoms with Crippen LogP contribution in [-0.4, -0.2) is 39.0 Å². The molecule has 0 radical (unpaired) electrons. The van der Waals surface area contributed by atoms with Crippen molar-refractivity contribution in [3.63, 3.8) is 0 Å². The van der Waals surface area contributed by atoms with Crippen LogP contribution in [0.3, 0.4) is 0 Å². The third-order valence-electron chi connectivity index (χ3n) is 3.19. The minimum atomic E-state index is -3.40. The Morgan fingerprint density at radius 3 is 2.55 bits per heavy atom. The first kappa shape index (κ1) is 18.1. The van der Waals surface area contributed by atoms with Crippen molar-refractivity contribution >= 4 is 37.3 Å². The molecule has 1 rings (SSSR count). The van der Waals surface area contributed by atoms with Gasteiger partial charge in [0.05, 0.1) is 0 Å². The van der Waals surface area contributed by atoms with E-state index >= 15 is 0 Å². The Morgan fingerprint density at radius 1 is 1.40 bits per heavy atom. The molecular weight excluding hydrogens is 360 g/mol. The van der Waals surface area contributed by atoms with Gasteiger partial charge in [-0.3, -0.25) is 0 Å². The molecule has 0 saturated carbocycles. The average molecular weight is 383 g/mol. The van der Waals surface area contributed by atoms with E-state index in [1.807, 2.05) is 6.92 Å². The highest BCUT2D eigenvalue weighted by molar-refractivity contribution is 9.10. The van der Waals surface area contributed by atoms with Crippen molar-refractivity contribution in [2.24, 2.45) is 0 Å². The van der Waals surface area contributed by atoms with Gasteiger partial charge in [-0.05, 0) is 66.8 Å². The van der Waals surface area contributed by atoms with Crippen LogP contribution in [-0.2, 0) is 10.0 Å². The first-order chi connectivity index (χ1) is 9.40. The van der Waals surface area contributed by atoms with Crippen LogP contribution in [0, 0.1) is 0 Å². The lowest BCUT2D eigenvalue weighted by molar-refractivity contribution is 0.293. The van der Waals surface area contributed by atoms with Crippen molar-refractivity contribution in [1.82, 2.24) is 9.62 Å². The molecule has 116 valence electrons. The summed E-state index contributed by atoms with van der Waals surface area (Å²) < 4.78 is 28.1. The zero-order valence-electron chi connectivity index (χ0n) is 12.2. The van der Waals surface area contributed by atoms with E-state index in [0.717, 1.165) is 32.5 Å². The molecule has 1 heterocycles. The molecule has 1 N–H and O–H groups in total. The van der Waals surface area contributed by atoms with Gasteiger partial charge in [0.1, 0.15) is 4.21 Å². The molecule has 0 aromatic carbocycles. The summed E-state index contributed by atoms with van der Waals surface area (Å²) in [5.74, 6) is 0. The molecule has 0 amide bonds. The van der Waals surface area contributed by atoms with Crippen LogP contribution in [0.1, 0.15) is 33.6 Å². The number of rotatable bonds is 9. The van der Waals surface area contributed by atoms with Crippen LogP contribution in [0.5, 0.6) is 0 Å². The van der Waals surface area contributed by atoms with Gasteiger partial charge in [0.25, 0.3) is 10.0 Å². The molecule has 0 aliphatic heterocycles. The van der Waals surface area contributed by atoms with Crippen LogP contribution in [0.4, 0.5) is 0 Å². The van der Waals surface area contributed by atoms with Crippen LogP contribution < -0.4 is 4.72 Å². The number of nitrogens with zero attached hydrogens (tertiary/aromatic N) is 1. The molecule has 0 aliphatic carbocycles.